The minimum absolute atomic E-state index is 0.0428. The smallest absolute Gasteiger partial charge is 0.369 e. The zero-order valence-corrected chi connectivity index (χ0v) is 8.97. The third-order valence-corrected chi connectivity index (χ3v) is 2.19. The molecule has 0 saturated carbocycles. The number of carbonyl (C=O) groups excluding carboxylic acids is 1. The Bertz CT molecular complexity index is 290. The molecular formula is C10H14O6. The molecule has 1 heterocycles. The molecule has 1 atom stereocenters. The number of hydrogen-bond donors (Lipinski definition) is 1. The van der Waals surface area contributed by atoms with Crippen LogP contribution >= 0.6 is 0 Å². The third-order valence-electron chi connectivity index (χ3n) is 2.19. The lowest BCUT2D eigenvalue weighted by atomic mass is 10.1. The van der Waals surface area contributed by atoms with Gasteiger partial charge in [0.25, 0.3) is 0 Å². The highest BCUT2D eigenvalue weighted by Crippen LogP contribution is 2.20. The van der Waals surface area contributed by atoms with Crippen LogP contribution in [-0.4, -0.2) is 36.9 Å². The van der Waals surface area contributed by atoms with E-state index in [1.807, 2.05) is 0 Å². The molecule has 1 rings (SSSR count). The van der Waals surface area contributed by atoms with Crippen molar-refractivity contribution in [3.8, 4) is 0 Å². The van der Waals surface area contributed by atoms with Crippen molar-refractivity contribution in [1.29, 1.82) is 0 Å². The van der Waals surface area contributed by atoms with Crippen LogP contribution in [-0.2, 0) is 24.1 Å². The van der Waals surface area contributed by atoms with E-state index in [2.05, 4.69) is 9.78 Å². The lowest BCUT2D eigenvalue weighted by Crippen LogP contribution is -2.15. The number of carboxylic acid groups (broad SMARTS) is 1. The second kappa shape index (κ2) is 6.24. The summed E-state index contributed by atoms with van der Waals surface area (Å²) in [6.07, 6.45) is 2.68. The quantitative estimate of drug-likeness (QED) is 0.424. The van der Waals surface area contributed by atoms with Gasteiger partial charge in [-0.3, -0.25) is 4.89 Å². The number of carbonyl (C=O) groups is 2. The Hall–Kier alpha value is -1.40. The molecule has 0 amide bonds. The van der Waals surface area contributed by atoms with Crippen molar-refractivity contribution < 1.29 is 29.2 Å². The zero-order valence-electron chi connectivity index (χ0n) is 8.97. The molecule has 0 bridgehead atoms. The summed E-state index contributed by atoms with van der Waals surface area (Å²) in [5.41, 5.74) is 0.0428. The summed E-state index contributed by atoms with van der Waals surface area (Å²) in [5.74, 6) is -1.98. The Balaban J connectivity index is 2.63. The van der Waals surface area contributed by atoms with Crippen molar-refractivity contribution in [3.63, 3.8) is 0 Å². The second-order valence-corrected chi connectivity index (χ2v) is 3.38. The maximum absolute atomic E-state index is 11.3. The first-order valence-electron chi connectivity index (χ1n) is 4.93. The fraction of sp³-hybridized carbons (Fsp3) is 0.600. The Morgan fingerprint density at radius 1 is 1.56 bits per heavy atom. The van der Waals surface area contributed by atoms with E-state index < -0.39 is 11.9 Å². The van der Waals surface area contributed by atoms with Gasteiger partial charge in [0.1, 0.15) is 0 Å². The molecule has 16 heavy (non-hydrogen) atoms. The zero-order chi connectivity index (χ0) is 12.0. The van der Waals surface area contributed by atoms with Crippen LogP contribution in [0, 0.1) is 0 Å². The highest BCUT2D eigenvalue weighted by Gasteiger charge is 2.22. The van der Waals surface area contributed by atoms with Gasteiger partial charge in [-0.2, -0.15) is 4.89 Å². The third kappa shape index (κ3) is 4.00. The van der Waals surface area contributed by atoms with Crippen LogP contribution in [0.25, 0.3) is 0 Å². The first kappa shape index (κ1) is 12.7. The SMILES string of the molecule is COOC(=O)/C(=C\C(=O)O)CC1CCCO1. The van der Waals surface area contributed by atoms with Crippen LogP contribution in [0.4, 0.5) is 0 Å². The first-order chi connectivity index (χ1) is 7.63. The van der Waals surface area contributed by atoms with Crippen molar-refractivity contribution in [2.75, 3.05) is 13.7 Å². The fourth-order valence-electron chi connectivity index (χ4n) is 1.53. The van der Waals surface area contributed by atoms with Crippen molar-refractivity contribution in [1.82, 2.24) is 0 Å². The van der Waals surface area contributed by atoms with Crippen LogP contribution in [0.15, 0.2) is 11.6 Å². The molecule has 1 aliphatic rings. The first-order valence-corrected chi connectivity index (χ1v) is 4.93. The summed E-state index contributed by atoms with van der Waals surface area (Å²) in [5, 5.41) is 8.61. The van der Waals surface area contributed by atoms with Gasteiger partial charge in [-0.1, -0.05) is 0 Å². The highest BCUT2D eigenvalue weighted by atomic mass is 17.2. The molecular weight excluding hydrogens is 216 g/mol. The Morgan fingerprint density at radius 2 is 2.31 bits per heavy atom. The van der Waals surface area contributed by atoms with E-state index in [1.165, 1.54) is 7.11 Å². The number of aliphatic carboxylic acids is 1. The van der Waals surface area contributed by atoms with Crippen LogP contribution in [0.1, 0.15) is 19.3 Å². The van der Waals surface area contributed by atoms with E-state index in [0.29, 0.717) is 6.61 Å². The van der Waals surface area contributed by atoms with Gasteiger partial charge in [-0.15, -0.1) is 0 Å². The van der Waals surface area contributed by atoms with Crippen LogP contribution < -0.4 is 0 Å². The molecule has 1 N–H and O–H groups in total. The molecule has 1 fully saturated rings. The summed E-state index contributed by atoms with van der Waals surface area (Å²) in [7, 11) is 1.18. The normalized spacial score (nSPS) is 20.8. The second-order valence-electron chi connectivity index (χ2n) is 3.38. The molecule has 90 valence electrons. The average Bonchev–Trinajstić information content (AvgIpc) is 2.69. The summed E-state index contributed by atoms with van der Waals surface area (Å²) < 4.78 is 5.31. The predicted molar refractivity (Wildman–Crippen MR) is 52.4 cm³/mol. The van der Waals surface area contributed by atoms with Gasteiger partial charge < -0.3 is 9.84 Å². The average molecular weight is 230 g/mol. The van der Waals surface area contributed by atoms with E-state index >= 15 is 0 Å². The monoisotopic (exact) mass is 230 g/mol. The summed E-state index contributed by atoms with van der Waals surface area (Å²) in [6.45, 7) is 0.643. The maximum Gasteiger partial charge on any atom is 0.369 e. The molecule has 1 aliphatic heterocycles. The van der Waals surface area contributed by atoms with E-state index in [-0.39, 0.29) is 18.1 Å². The van der Waals surface area contributed by atoms with Gasteiger partial charge in [-0.25, -0.2) is 9.59 Å². The molecule has 0 aliphatic carbocycles. The molecule has 0 spiro atoms. The van der Waals surface area contributed by atoms with E-state index in [9.17, 15) is 9.59 Å². The number of ether oxygens (including phenoxy) is 1. The number of hydrogen-bond acceptors (Lipinski definition) is 5. The standard InChI is InChI=1S/C10H14O6/c1-14-16-10(13)7(6-9(11)12)5-8-3-2-4-15-8/h6,8H,2-5H2,1H3,(H,11,12)/b7-6-. The van der Waals surface area contributed by atoms with Crippen LogP contribution in [0.5, 0.6) is 0 Å². The summed E-state index contributed by atoms with van der Waals surface area (Å²) in [6, 6.07) is 0. The molecule has 0 aromatic heterocycles. The maximum atomic E-state index is 11.3. The fourth-order valence-corrected chi connectivity index (χ4v) is 1.53. The lowest BCUT2D eigenvalue weighted by Gasteiger charge is -2.10. The molecule has 1 saturated heterocycles. The topological polar surface area (TPSA) is 82.1 Å². The van der Waals surface area contributed by atoms with Gasteiger partial charge in [-0.05, 0) is 12.8 Å². The lowest BCUT2D eigenvalue weighted by molar-refractivity contribution is -0.250. The minimum atomic E-state index is -1.19. The van der Waals surface area contributed by atoms with Gasteiger partial charge in [0, 0.05) is 19.1 Å². The minimum Gasteiger partial charge on any atom is -0.478 e. The highest BCUT2D eigenvalue weighted by molar-refractivity contribution is 5.95. The number of carboxylic acids is 1. The number of rotatable bonds is 5. The van der Waals surface area contributed by atoms with Crippen molar-refractivity contribution in [3.05, 3.63) is 11.6 Å². The molecule has 0 aromatic rings. The van der Waals surface area contributed by atoms with Crippen LogP contribution in [0.3, 0.4) is 0 Å². The molecule has 6 heteroatoms. The summed E-state index contributed by atoms with van der Waals surface area (Å²) >= 11 is 0. The Kier molecular flexibility index (Phi) is 4.94. The van der Waals surface area contributed by atoms with Crippen molar-refractivity contribution in [2.24, 2.45) is 0 Å². The van der Waals surface area contributed by atoms with Crippen molar-refractivity contribution >= 4 is 11.9 Å². The largest absolute Gasteiger partial charge is 0.478 e. The Morgan fingerprint density at radius 3 is 2.81 bits per heavy atom. The molecule has 6 nitrogen and oxygen atoms in total. The van der Waals surface area contributed by atoms with Crippen molar-refractivity contribution in [2.45, 2.75) is 25.4 Å². The van der Waals surface area contributed by atoms with E-state index in [4.69, 9.17) is 9.84 Å². The molecule has 0 radical (unpaired) electrons. The predicted octanol–water partition coefficient (Wildman–Crippen LogP) is 0.671. The van der Waals surface area contributed by atoms with Gasteiger partial charge >= 0.3 is 11.9 Å². The van der Waals surface area contributed by atoms with E-state index in [1.54, 1.807) is 0 Å². The Labute approximate surface area is 92.7 Å². The summed E-state index contributed by atoms with van der Waals surface area (Å²) in [4.78, 5) is 30.4. The van der Waals surface area contributed by atoms with E-state index in [0.717, 1.165) is 18.9 Å². The van der Waals surface area contributed by atoms with Gasteiger partial charge in [0.15, 0.2) is 0 Å². The van der Waals surface area contributed by atoms with Gasteiger partial charge in [0.2, 0.25) is 0 Å². The van der Waals surface area contributed by atoms with Gasteiger partial charge in [0.05, 0.1) is 18.8 Å². The van der Waals surface area contributed by atoms with Crippen LogP contribution in [0.2, 0.25) is 0 Å². The molecule has 0 aromatic carbocycles. The molecule has 1 unspecified atom stereocenters.